The highest BCUT2D eigenvalue weighted by Crippen LogP contribution is 2.33. The summed E-state index contributed by atoms with van der Waals surface area (Å²) >= 11 is 1.96. The first-order valence-electron chi connectivity index (χ1n) is 9.04. The van der Waals surface area contributed by atoms with Crippen molar-refractivity contribution in [3.8, 4) is 0 Å². The first kappa shape index (κ1) is 20.6. The molecule has 0 aliphatic carbocycles. The monoisotopic (exact) mass is 343 g/mol. The van der Waals surface area contributed by atoms with Crippen LogP contribution in [0.1, 0.15) is 59.3 Å². The molecule has 2 N–H and O–H groups in total. The molecule has 0 saturated carbocycles. The molecule has 0 atom stereocenters. The number of aliphatic imine (C=N–C) groups is 1. The SMILES string of the molecule is CCCCCC(C)(C)CNC(=NC)NCC1(SC)CCOCC1. The Bertz CT molecular complexity index is 352. The molecule has 1 aliphatic rings. The van der Waals surface area contributed by atoms with Crippen LogP contribution in [0.4, 0.5) is 0 Å². The van der Waals surface area contributed by atoms with Crippen molar-refractivity contribution in [3.05, 3.63) is 0 Å². The quantitative estimate of drug-likeness (QED) is 0.381. The molecule has 1 fully saturated rings. The summed E-state index contributed by atoms with van der Waals surface area (Å²) in [4.78, 5) is 4.39. The van der Waals surface area contributed by atoms with E-state index in [4.69, 9.17) is 4.74 Å². The number of nitrogens with one attached hydrogen (secondary N) is 2. The summed E-state index contributed by atoms with van der Waals surface area (Å²) in [5.74, 6) is 0.925. The zero-order chi connectivity index (χ0) is 17.2. The highest BCUT2D eigenvalue weighted by atomic mass is 32.2. The summed E-state index contributed by atoms with van der Waals surface area (Å²) in [7, 11) is 1.86. The fourth-order valence-corrected chi connectivity index (χ4v) is 3.72. The Labute approximate surface area is 147 Å². The summed E-state index contributed by atoms with van der Waals surface area (Å²) < 4.78 is 5.80. The van der Waals surface area contributed by atoms with E-state index in [0.29, 0.717) is 5.41 Å². The maximum atomic E-state index is 5.51. The second-order valence-electron chi connectivity index (χ2n) is 7.40. The van der Waals surface area contributed by atoms with Crippen molar-refractivity contribution in [3.63, 3.8) is 0 Å². The van der Waals surface area contributed by atoms with E-state index in [0.717, 1.165) is 45.1 Å². The molecule has 0 amide bonds. The molecule has 0 spiro atoms. The van der Waals surface area contributed by atoms with Crippen molar-refractivity contribution in [2.45, 2.75) is 64.0 Å². The number of hydrogen-bond donors (Lipinski definition) is 2. The number of nitrogens with zero attached hydrogens (tertiary/aromatic N) is 1. The third kappa shape index (κ3) is 7.79. The lowest BCUT2D eigenvalue weighted by Crippen LogP contribution is -2.49. The number of rotatable bonds is 9. The summed E-state index contributed by atoms with van der Waals surface area (Å²) in [6, 6.07) is 0. The first-order chi connectivity index (χ1) is 11.0. The zero-order valence-electron chi connectivity index (χ0n) is 15.8. The minimum absolute atomic E-state index is 0.284. The third-order valence-electron chi connectivity index (χ3n) is 4.83. The highest BCUT2D eigenvalue weighted by Gasteiger charge is 2.31. The Morgan fingerprint density at radius 1 is 1.22 bits per heavy atom. The van der Waals surface area contributed by atoms with Gasteiger partial charge in [-0.2, -0.15) is 11.8 Å². The van der Waals surface area contributed by atoms with Gasteiger partial charge in [0.05, 0.1) is 0 Å². The molecule has 1 aliphatic heterocycles. The van der Waals surface area contributed by atoms with Crippen LogP contribution in [0.15, 0.2) is 4.99 Å². The molecule has 4 nitrogen and oxygen atoms in total. The second kappa shape index (κ2) is 10.4. The molecule has 0 radical (unpaired) electrons. The Morgan fingerprint density at radius 3 is 2.48 bits per heavy atom. The summed E-state index contributed by atoms with van der Waals surface area (Å²) in [6.45, 7) is 10.6. The van der Waals surface area contributed by atoms with Gasteiger partial charge in [0.25, 0.3) is 0 Å². The van der Waals surface area contributed by atoms with E-state index in [-0.39, 0.29) is 4.75 Å². The van der Waals surface area contributed by atoms with Crippen LogP contribution in [0.25, 0.3) is 0 Å². The predicted molar refractivity (Wildman–Crippen MR) is 104 cm³/mol. The van der Waals surface area contributed by atoms with Gasteiger partial charge < -0.3 is 15.4 Å². The lowest BCUT2D eigenvalue weighted by Gasteiger charge is -2.36. The van der Waals surface area contributed by atoms with Gasteiger partial charge in [0, 0.05) is 38.1 Å². The van der Waals surface area contributed by atoms with Crippen molar-refractivity contribution < 1.29 is 4.74 Å². The average Bonchev–Trinajstić information content (AvgIpc) is 2.56. The molecule has 1 saturated heterocycles. The summed E-state index contributed by atoms with van der Waals surface area (Å²) in [5.41, 5.74) is 0.308. The van der Waals surface area contributed by atoms with Gasteiger partial charge in [-0.1, -0.05) is 40.0 Å². The Morgan fingerprint density at radius 2 is 1.91 bits per heavy atom. The molecule has 5 heteroatoms. The minimum atomic E-state index is 0.284. The molecular formula is C18H37N3OS. The van der Waals surface area contributed by atoms with Gasteiger partial charge in [0.1, 0.15) is 0 Å². The first-order valence-corrected chi connectivity index (χ1v) is 10.3. The molecule has 1 rings (SSSR count). The standard InChI is InChI=1S/C18H37N3OS/c1-6-7-8-9-17(2,3)14-20-16(19-4)21-15-18(23-5)10-12-22-13-11-18/h6-15H2,1-5H3,(H2,19,20,21). The van der Waals surface area contributed by atoms with Crippen molar-refractivity contribution in [1.82, 2.24) is 10.6 Å². The van der Waals surface area contributed by atoms with Gasteiger partial charge in [-0.3, -0.25) is 4.99 Å². The number of ether oxygens (including phenoxy) is 1. The van der Waals surface area contributed by atoms with Crippen molar-refractivity contribution in [1.29, 1.82) is 0 Å². The van der Waals surface area contributed by atoms with E-state index in [1.807, 2.05) is 18.8 Å². The second-order valence-corrected chi connectivity index (χ2v) is 8.67. The van der Waals surface area contributed by atoms with Crippen LogP contribution in [0, 0.1) is 5.41 Å². The van der Waals surface area contributed by atoms with Crippen LogP contribution in [0.3, 0.4) is 0 Å². The number of hydrogen-bond acceptors (Lipinski definition) is 3. The highest BCUT2D eigenvalue weighted by molar-refractivity contribution is 8.00. The number of thioether (sulfide) groups is 1. The maximum absolute atomic E-state index is 5.51. The Balaban J connectivity index is 2.39. The maximum Gasteiger partial charge on any atom is 0.191 e. The predicted octanol–water partition coefficient (Wildman–Crippen LogP) is 3.67. The van der Waals surface area contributed by atoms with E-state index >= 15 is 0 Å². The topological polar surface area (TPSA) is 45.7 Å². The van der Waals surface area contributed by atoms with E-state index in [1.165, 1.54) is 25.7 Å². The lowest BCUT2D eigenvalue weighted by atomic mass is 9.87. The fourth-order valence-electron chi connectivity index (χ4n) is 2.93. The molecule has 1 heterocycles. The summed E-state index contributed by atoms with van der Waals surface area (Å²) in [5, 5.41) is 7.05. The van der Waals surface area contributed by atoms with Crippen LogP contribution in [0.2, 0.25) is 0 Å². The average molecular weight is 344 g/mol. The van der Waals surface area contributed by atoms with E-state index in [2.05, 4.69) is 42.7 Å². The smallest absolute Gasteiger partial charge is 0.191 e. The molecule has 0 bridgehead atoms. The van der Waals surface area contributed by atoms with Crippen molar-refractivity contribution in [2.24, 2.45) is 10.4 Å². The van der Waals surface area contributed by atoms with Crippen LogP contribution >= 0.6 is 11.8 Å². The van der Waals surface area contributed by atoms with Gasteiger partial charge >= 0.3 is 0 Å². The number of unbranched alkanes of at least 4 members (excludes halogenated alkanes) is 2. The lowest BCUT2D eigenvalue weighted by molar-refractivity contribution is 0.0782. The Kier molecular flexibility index (Phi) is 9.37. The summed E-state index contributed by atoms with van der Waals surface area (Å²) in [6.07, 6.45) is 9.62. The molecule has 0 unspecified atom stereocenters. The molecule has 0 aromatic rings. The van der Waals surface area contributed by atoms with Crippen LogP contribution in [0.5, 0.6) is 0 Å². The van der Waals surface area contributed by atoms with Gasteiger partial charge in [0.15, 0.2) is 5.96 Å². The van der Waals surface area contributed by atoms with E-state index in [1.54, 1.807) is 0 Å². The molecule has 0 aromatic carbocycles. The van der Waals surface area contributed by atoms with Gasteiger partial charge in [-0.15, -0.1) is 0 Å². The minimum Gasteiger partial charge on any atom is -0.381 e. The third-order valence-corrected chi connectivity index (χ3v) is 6.25. The van der Waals surface area contributed by atoms with Crippen molar-refractivity contribution >= 4 is 17.7 Å². The molecule has 23 heavy (non-hydrogen) atoms. The largest absolute Gasteiger partial charge is 0.381 e. The van der Waals surface area contributed by atoms with Crippen molar-refractivity contribution in [2.75, 3.05) is 39.6 Å². The van der Waals surface area contributed by atoms with Crippen LogP contribution in [-0.2, 0) is 4.74 Å². The fraction of sp³-hybridized carbons (Fsp3) is 0.944. The van der Waals surface area contributed by atoms with Crippen LogP contribution in [-0.4, -0.2) is 50.3 Å². The normalized spacial score (nSPS) is 18.7. The number of guanidine groups is 1. The Hall–Kier alpha value is -0.420. The van der Waals surface area contributed by atoms with Crippen LogP contribution < -0.4 is 10.6 Å². The van der Waals surface area contributed by atoms with E-state index < -0.39 is 0 Å². The van der Waals surface area contributed by atoms with Gasteiger partial charge in [0.2, 0.25) is 0 Å². The molecule has 136 valence electrons. The van der Waals surface area contributed by atoms with Gasteiger partial charge in [-0.25, -0.2) is 0 Å². The molecular weight excluding hydrogens is 306 g/mol. The zero-order valence-corrected chi connectivity index (χ0v) is 16.7. The molecule has 0 aromatic heterocycles. The van der Waals surface area contributed by atoms with Gasteiger partial charge in [-0.05, 0) is 30.9 Å². The van der Waals surface area contributed by atoms with E-state index in [9.17, 15) is 0 Å².